The van der Waals surface area contributed by atoms with E-state index >= 15 is 0 Å². The van der Waals surface area contributed by atoms with Crippen LogP contribution in [0.3, 0.4) is 0 Å². The zero-order valence-electron chi connectivity index (χ0n) is 11.2. The average Bonchev–Trinajstić information content (AvgIpc) is 2.41. The highest BCUT2D eigenvalue weighted by Gasteiger charge is 2.04. The molecule has 0 atom stereocenters. The molecule has 0 aliphatic rings. The minimum absolute atomic E-state index is 0.186. The van der Waals surface area contributed by atoms with Crippen molar-refractivity contribution < 1.29 is 0 Å². The molecule has 0 unspecified atom stereocenters. The van der Waals surface area contributed by atoms with E-state index < -0.39 is 0 Å². The summed E-state index contributed by atoms with van der Waals surface area (Å²) in [5, 5.41) is 3.08. The van der Waals surface area contributed by atoms with E-state index in [1.54, 1.807) is 6.92 Å². The first-order chi connectivity index (χ1) is 9.61. The second-order valence-electron chi connectivity index (χ2n) is 4.58. The van der Waals surface area contributed by atoms with Gasteiger partial charge in [-0.25, -0.2) is 14.4 Å². The van der Waals surface area contributed by atoms with Crippen LogP contribution < -0.4 is 10.9 Å². The quantitative estimate of drug-likeness (QED) is 0.767. The van der Waals surface area contributed by atoms with Crippen LogP contribution in [0.2, 0.25) is 0 Å². The van der Waals surface area contributed by atoms with Crippen LogP contribution in [0.4, 0.5) is 11.6 Å². The lowest BCUT2D eigenvalue weighted by Crippen LogP contribution is -2.17. The van der Waals surface area contributed by atoms with Gasteiger partial charge in [-0.1, -0.05) is 17.7 Å². The molecule has 0 amide bonds. The van der Waals surface area contributed by atoms with Gasteiger partial charge < -0.3 is 5.32 Å². The average molecular weight is 267 g/mol. The lowest BCUT2D eigenvalue weighted by molar-refractivity contribution is 0.927. The Hall–Kier alpha value is -2.76. The van der Waals surface area contributed by atoms with Crippen LogP contribution in [-0.2, 0) is 0 Å². The van der Waals surface area contributed by atoms with Gasteiger partial charge in [-0.3, -0.25) is 4.79 Å². The number of fused-ring (bicyclic) bond motifs is 1. The maximum absolute atomic E-state index is 11.7. The minimum Gasteiger partial charge on any atom is -0.324 e. The molecular formula is C14H13N5O. The van der Waals surface area contributed by atoms with Crippen molar-refractivity contribution in [2.24, 2.45) is 0 Å². The smallest absolute Gasteiger partial charge is 0.260 e. The van der Waals surface area contributed by atoms with Crippen molar-refractivity contribution in [3.8, 4) is 0 Å². The third-order valence-electron chi connectivity index (χ3n) is 2.87. The molecule has 0 aliphatic carbocycles. The fourth-order valence-electron chi connectivity index (χ4n) is 1.84. The van der Waals surface area contributed by atoms with Gasteiger partial charge >= 0.3 is 0 Å². The van der Waals surface area contributed by atoms with Crippen molar-refractivity contribution in [2.45, 2.75) is 13.8 Å². The van der Waals surface area contributed by atoms with E-state index in [0.29, 0.717) is 17.4 Å². The van der Waals surface area contributed by atoms with Crippen molar-refractivity contribution in [1.82, 2.24) is 19.4 Å². The molecule has 6 nitrogen and oxygen atoms in total. The molecule has 20 heavy (non-hydrogen) atoms. The minimum atomic E-state index is -0.186. The third kappa shape index (κ3) is 2.35. The Morgan fingerprint density at radius 2 is 1.85 bits per heavy atom. The maximum atomic E-state index is 11.7. The van der Waals surface area contributed by atoms with E-state index in [1.807, 2.05) is 31.2 Å². The monoisotopic (exact) mass is 267 g/mol. The first kappa shape index (κ1) is 12.3. The number of aromatic nitrogens is 4. The Kier molecular flexibility index (Phi) is 2.90. The molecule has 2 aromatic heterocycles. The summed E-state index contributed by atoms with van der Waals surface area (Å²) in [6.45, 7) is 3.78. The molecule has 1 N–H and O–H groups in total. The van der Waals surface area contributed by atoms with Gasteiger partial charge in [0.1, 0.15) is 6.33 Å². The van der Waals surface area contributed by atoms with Crippen molar-refractivity contribution >= 4 is 17.4 Å². The summed E-state index contributed by atoms with van der Waals surface area (Å²) < 4.78 is 1.31. The standard InChI is InChI=1S/C14H13N5O/c1-9-3-5-11(6-4-9)17-13-15-8-19-12(20)7-10(2)16-14(19)18-13/h3-8H,1-2H3,(H,16,17,18). The molecule has 0 saturated carbocycles. The van der Waals surface area contributed by atoms with Crippen LogP contribution in [0.25, 0.3) is 5.78 Å². The van der Waals surface area contributed by atoms with Gasteiger partial charge in [0.15, 0.2) is 0 Å². The Balaban J connectivity index is 2.00. The van der Waals surface area contributed by atoms with E-state index in [4.69, 9.17) is 0 Å². The number of anilines is 2. The topological polar surface area (TPSA) is 72.2 Å². The lowest BCUT2D eigenvalue weighted by Gasteiger charge is -2.06. The lowest BCUT2D eigenvalue weighted by atomic mass is 10.2. The Bertz CT molecular complexity index is 823. The predicted molar refractivity (Wildman–Crippen MR) is 76.3 cm³/mol. The van der Waals surface area contributed by atoms with Crippen LogP contribution in [-0.4, -0.2) is 19.4 Å². The number of aryl methyl sites for hydroxylation is 2. The van der Waals surface area contributed by atoms with E-state index in [2.05, 4.69) is 20.3 Å². The molecule has 3 rings (SSSR count). The molecule has 3 aromatic rings. The van der Waals surface area contributed by atoms with Crippen molar-refractivity contribution in [2.75, 3.05) is 5.32 Å². The highest BCUT2D eigenvalue weighted by atomic mass is 16.1. The van der Waals surface area contributed by atoms with Gasteiger partial charge in [-0.2, -0.15) is 4.98 Å². The van der Waals surface area contributed by atoms with E-state index in [9.17, 15) is 4.79 Å². The first-order valence-electron chi connectivity index (χ1n) is 6.18. The van der Waals surface area contributed by atoms with E-state index in [1.165, 1.54) is 22.4 Å². The molecule has 0 saturated heterocycles. The molecule has 100 valence electrons. The number of rotatable bonds is 2. The summed E-state index contributed by atoms with van der Waals surface area (Å²) in [5.74, 6) is 0.742. The maximum Gasteiger partial charge on any atom is 0.260 e. The number of hydrogen-bond acceptors (Lipinski definition) is 5. The van der Waals surface area contributed by atoms with Crippen molar-refractivity contribution in [1.29, 1.82) is 0 Å². The second-order valence-corrected chi connectivity index (χ2v) is 4.58. The molecule has 1 aromatic carbocycles. The number of benzene rings is 1. The zero-order chi connectivity index (χ0) is 14.1. The summed E-state index contributed by atoms with van der Waals surface area (Å²) >= 11 is 0. The summed E-state index contributed by atoms with van der Waals surface area (Å²) in [6.07, 6.45) is 1.42. The van der Waals surface area contributed by atoms with Crippen LogP contribution >= 0.6 is 0 Å². The molecule has 0 radical (unpaired) electrons. The summed E-state index contributed by atoms with van der Waals surface area (Å²) in [5.41, 5.74) is 2.51. The van der Waals surface area contributed by atoms with Gasteiger partial charge in [-0.05, 0) is 26.0 Å². The van der Waals surface area contributed by atoms with Gasteiger partial charge in [0.05, 0.1) is 0 Å². The first-order valence-corrected chi connectivity index (χ1v) is 6.18. The largest absolute Gasteiger partial charge is 0.324 e. The van der Waals surface area contributed by atoms with Gasteiger partial charge in [0, 0.05) is 17.4 Å². The number of hydrogen-bond donors (Lipinski definition) is 1. The van der Waals surface area contributed by atoms with Crippen LogP contribution in [0.5, 0.6) is 0 Å². The van der Waals surface area contributed by atoms with Crippen LogP contribution in [0, 0.1) is 13.8 Å². The van der Waals surface area contributed by atoms with Crippen molar-refractivity contribution in [3.05, 3.63) is 58.3 Å². The van der Waals surface area contributed by atoms with Gasteiger partial charge in [0.25, 0.3) is 5.56 Å². The van der Waals surface area contributed by atoms with E-state index in [0.717, 1.165) is 5.69 Å². The molecule has 2 heterocycles. The van der Waals surface area contributed by atoms with Crippen LogP contribution in [0.15, 0.2) is 41.5 Å². The SMILES string of the molecule is Cc1ccc(Nc2ncn3c(=O)cc(C)nc3n2)cc1. The Morgan fingerprint density at radius 1 is 1.10 bits per heavy atom. The third-order valence-corrected chi connectivity index (χ3v) is 2.87. The second kappa shape index (κ2) is 4.73. The molecule has 0 spiro atoms. The normalized spacial score (nSPS) is 10.7. The number of nitrogens with one attached hydrogen (secondary N) is 1. The number of nitrogens with zero attached hydrogens (tertiary/aromatic N) is 4. The Labute approximate surface area is 115 Å². The molecule has 0 aliphatic heterocycles. The molecule has 0 bridgehead atoms. The fourth-order valence-corrected chi connectivity index (χ4v) is 1.84. The predicted octanol–water partition coefficient (Wildman–Crippen LogP) is 1.84. The summed E-state index contributed by atoms with van der Waals surface area (Å²) in [4.78, 5) is 24.3. The zero-order valence-corrected chi connectivity index (χ0v) is 11.2. The summed E-state index contributed by atoms with van der Waals surface area (Å²) in [6, 6.07) is 9.33. The molecular weight excluding hydrogens is 254 g/mol. The molecule has 0 fully saturated rings. The fraction of sp³-hybridized carbons (Fsp3) is 0.143. The van der Waals surface area contributed by atoms with Crippen molar-refractivity contribution in [3.63, 3.8) is 0 Å². The van der Waals surface area contributed by atoms with E-state index in [-0.39, 0.29) is 5.56 Å². The molecule has 6 heteroatoms. The summed E-state index contributed by atoms with van der Waals surface area (Å²) in [7, 11) is 0. The van der Waals surface area contributed by atoms with Gasteiger partial charge in [-0.15, -0.1) is 0 Å². The Morgan fingerprint density at radius 3 is 2.60 bits per heavy atom. The highest BCUT2D eigenvalue weighted by Crippen LogP contribution is 2.13. The van der Waals surface area contributed by atoms with Gasteiger partial charge in [0.2, 0.25) is 11.7 Å². The highest BCUT2D eigenvalue weighted by molar-refractivity contribution is 5.54. The van der Waals surface area contributed by atoms with Crippen LogP contribution in [0.1, 0.15) is 11.3 Å².